The third-order valence-electron chi connectivity index (χ3n) is 10.9. The molecule has 1 saturated heterocycles. The Labute approximate surface area is 410 Å². The van der Waals surface area contributed by atoms with Gasteiger partial charge in [-0.05, 0) is 81.5 Å². The third-order valence-corrected chi connectivity index (χ3v) is 10.9. The van der Waals surface area contributed by atoms with E-state index in [9.17, 15) is 29.1 Å². The van der Waals surface area contributed by atoms with Crippen molar-refractivity contribution in [2.24, 2.45) is 0 Å². The SMILES string of the molecule is CCn1c(-c2nonc2N)nc2c(C#CC(C)(C)O)ncc(OCCCNCCCC(=O)NCCOCCOCCOCCOCCOCCNc3cccc4c3C(=O)N(C3CCC(=O)NC3=O)C4=O)c21. The number of imidazole rings is 1. The number of carbonyl (C=O) groups is 5. The van der Waals surface area contributed by atoms with Crippen molar-refractivity contribution < 1.29 is 62.1 Å². The van der Waals surface area contributed by atoms with Gasteiger partial charge in [0.1, 0.15) is 28.4 Å². The zero-order chi connectivity index (χ0) is 50.6. The lowest BCUT2D eigenvalue weighted by Gasteiger charge is -2.27. The first-order valence-corrected chi connectivity index (χ1v) is 23.7. The number of pyridine rings is 1. The molecule has 1 unspecified atom stereocenters. The summed E-state index contributed by atoms with van der Waals surface area (Å²) in [6.45, 7) is 11.9. The number of ether oxygens (including phenoxy) is 6. The van der Waals surface area contributed by atoms with Crippen LogP contribution in [0.1, 0.15) is 79.3 Å². The van der Waals surface area contributed by atoms with Gasteiger partial charge in [0.05, 0.1) is 90.0 Å². The van der Waals surface area contributed by atoms with E-state index in [0.717, 1.165) is 4.90 Å². The standard InChI is InChI=1S/C47H63N11O13/c1-4-57-41-35(30-52-33(13-14-47(2,3)64)39(41)54-43(57)40-42(48)56-71-55-40)70-19-7-16-49-15-6-10-36(59)51-18-21-66-23-25-68-27-29-69-28-26-67-24-22-65-20-17-50-32-9-5-8-31-38(32)46(63)58(45(31)62)34-11-12-37(60)53-44(34)61/h5,8-9,30,34,49-50,64H,4,6-7,10-12,15-29H2,1-3H3,(H2,48,56)(H,51,59)(H,53,60,61). The molecule has 6 rings (SSSR count). The fraction of sp³-hybridized carbons (Fsp3) is 0.553. The zero-order valence-electron chi connectivity index (χ0n) is 40.3. The summed E-state index contributed by atoms with van der Waals surface area (Å²) in [5.74, 6) is 4.49. The van der Waals surface area contributed by atoms with Crippen molar-refractivity contribution in [2.45, 2.75) is 71.1 Å². The molecule has 1 fully saturated rings. The highest BCUT2D eigenvalue weighted by Gasteiger charge is 2.45. The molecule has 0 spiro atoms. The number of aliphatic hydroxyl groups is 1. The Morgan fingerprint density at radius 2 is 1.58 bits per heavy atom. The Kier molecular flexibility index (Phi) is 20.5. The van der Waals surface area contributed by atoms with E-state index in [1.165, 1.54) is 0 Å². The van der Waals surface area contributed by atoms with Crippen LogP contribution < -0.4 is 31.7 Å². The molecule has 2 aliphatic heterocycles. The van der Waals surface area contributed by atoms with Crippen LogP contribution in [-0.4, -0.2) is 175 Å². The maximum atomic E-state index is 13.2. The van der Waals surface area contributed by atoms with Gasteiger partial charge in [0.15, 0.2) is 23.1 Å². The van der Waals surface area contributed by atoms with E-state index in [2.05, 4.69) is 48.4 Å². The zero-order valence-corrected chi connectivity index (χ0v) is 40.3. The Bertz CT molecular complexity index is 2510. The summed E-state index contributed by atoms with van der Waals surface area (Å²) in [7, 11) is 0. The second-order valence-corrected chi connectivity index (χ2v) is 16.7. The Morgan fingerprint density at radius 1 is 0.901 bits per heavy atom. The summed E-state index contributed by atoms with van der Waals surface area (Å²) >= 11 is 0. The molecule has 0 bridgehead atoms. The van der Waals surface area contributed by atoms with Crippen LogP contribution in [0.15, 0.2) is 29.0 Å². The molecule has 24 heteroatoms. The molecule has 5 amide bonds. The number of aryl methyl sites for hydroxylation is 1. The van der Waals surface area contributed by atoms with E-state index in [-0.39, 0.29) is 41.4 Å². The summed E-state index contributed by atoms with van der Waals surface area (Å²) in [5, 5.41) is 29.3. The van der Waals surface area contributed by atoms with Gasteiger partial charge in [-0.1, -0.05) is 12.0 Å². The maximum Gasteiger partial charge on any atom is 0.264 e. The fourth-order valence-electron chi connectivity index (χ4n) is 7.49. The fourth-order valence-corrected chi connectivity index (χ4v) is 7.49. The first kappa shape index (κ1) is 53.8. The number of fused-ring (bicyclic) bond motifs is 2. The lowest BCUT2D eigenvalue weighted by molar-refractivity contribution is -0.136. The number of piperidine rings is 1. The van der Waals surface area contributed by atoms with Crippen molar-refractivity contribution in [3.8, 4) is 29.1 Å². The molecule has 3 aromatic heterocycles. The number of rotatable bonds is 31. The lowest BCUT2D eigenvalue weighted by atomic mass is 10.0. The van der Waals surface area contributed by atoms with Gasteiger partial charge in [0.25, 0.3) is 11.8 Å². The number of imide groups is 2. The summed E-state index contributed by atoms with van der Waals surface area (Å²) in [5.41, 5.74) is 7.42. The van der Waals surface area contributed by atoms with Crippen LogP contribution in [0.2, 0.25) is 0 Å². The van der Waals surface area contributed by atoms with Crippen LogP contribution >= 0.6 is 0 Å². The lowest BCUT2D eigenvalue weighted by Crippen LogP contribution is -2.54. The number of aromatic nitrogens is 5. The molecular formula is C47H63N11O13. The summed E-state index contributed by atoms with van der Waals surface area (Å²) in [6, 6.07) is 3.86. The normalized spacial score (nSPS) is 14.7. The van der Waals surface area contributed by atoms with Crippen molar-refractivity contribution in [1.82, 2.24) is 45.7 Å². The van der Waals surface area contributed by atoms with E-state index in [4.69, 9.17) is 43.8 Å². The van der Waals surface area contributed by atoms with Crippen molar-refractivity contribution in [3.63, 3.8) is 0 Å². The van der Waals surface area contributed by atoms with Gasteiger partial charge in [-0.3, -0.25) is 34.2 Å². The van der Waals surface area contributed by atoms with Gasteiger partial charge in [0, 0.05) is 38.2 Å². The Balaban J connectivity index is 0.713. The molecule has 0 aliphatic carbocycles. The molecule has 2 aliphatic rings. The molecule has 71 heavy (non-hydrogen) atoms. The summed E-state index contributed by atoms with van der Waals surface area (Å²) in [4.78, 5) is 72.5. The smallest absolute Gasteiger partial charge is 0.264 e. The van der Waals surface area contributed by atoms with Crippen LogP contribution in [0.5, 0.6) is 5.75 Å². The molecule has 24 nitrogen and oxygen atoms in total. The van der Waals surface area contributed by atoms with Gasteiger partial charge in [-0.15, -0.1) is 0 Å². The second kappa shape index (κ2) is 27.1. The monoisotopic (exact) mass is 989 g/mol. The molecule has 0 radical (unpaired) electrons. The van der Waals surface area contributed by atoms with Crippen molar-refractivity contribution in [3.05, 3.63) is 41.2 Å². The number of anilines is 2. The average Bonchev–Trinajstić information content (AvgIpc) is 4.02. The van der Waals surface area contributed by atoms with Crippen LogP contribution in [0, 0.1) is 11.8 Å². The molecular weight excluding hydrogens is 927 g/mol. The second-order valence-electron chi connectivity index (χ2n) is 16.7. The number of nitrogens with two attached hydrogens (primary N) is 1. The minimum absolute atomic E-state index is 0.0475. The largest absolute Gasteiger partial charge is 0.490 e. The van der Waals surface area contributed by atoms with Crippen molar-refractivity contribution in [1.29, 1.82) is 0 Å². The number of hydrogen-bond donors (Lipinski definition) is 6. The quantitative estimate of drug-likeness (QED) is 0.0233. The predicted molar refractivity (Wildman–Crippen MR) is 255 cm³/mol. The van der Waals surface area contributed by atoms with Gasteiger partial charge in [-0.2, -0.15) is 0 Å². The average molecular weight is 990 g/mol. The van der Waals surface area contributed by atoms with E-state index >= 15 is 0 Å². The van der Waals surface area contributed by atoms with E-state index in [1.807, 2.05) is 11.5 Å². The van der Waals surface area contributed by atoms with Crippen molar-refractivity contribution in [2.75, 3.05) is 110 Å². The number of nitrogen functional groups attached to an aromatic ring is 1. The summed E-state index contributed by atoms with van der Waals surface area (Å²) in [6.07, 6.45) is 3.49. The summed E-state index contributed by atoms with van der Waals surface area (Å²) < 4.78 is 40.6. The maximum absolute atomic E-state index is 13.2. The van der Waals surface area contributed by atoms with Crippen LogP contribution in [0.4, 0.5) is 11.5 Å². The number of benzene rings is 1. The predicted octanol–water partition coefficient (Wildman–Crippen LogP) is 1.06. The third kappa shape index (κ3) is 15.4. The highest BCUT2D eigenvalue weighted by Crippen LogP contribution is 2.34. The van der Waals surface area contributed by atoms with Crippen LogP contribution in [-0.2, 0) is 44.6 Å². The van der Waals surface area contributed by atoms with Gasteiger partial charge < -0.3 is 59.8 Å². The number of amides is 5. The molecule has 384 valence electrons. The number of nitrogens with one attached hydrogen (secondary N) is 4. The van der Waals surface area contributed by atoms with Crippen molar-refractivity contribution >= 4 is 52.1 Å². The molecule has 5 heterocycles. The molecule has 1 aromatic carbocycles. The molecule has 4 aromatic rings. The van der Waals surface area contributed by atoms with E-state index in [0.29, 0.717) is 159 Å². The van der Waals surface area contributed by atoms with Crippen LogP contribution in [0.25, 0.3) is 22.6 Å². The topological polar surface area (TPSA) is 308 Å². The van der Waals surface area contributed by atoms with Gasteiger partial charge >= 0.3 is 0 Å². The highest BCUT2D eigenvalue weighted by atomic mass is 16.6. The Morgan fingerprint density at radius 3 is 2.23 bits per heavy atom. The van der Waals surface area contributed by atoms with E-state index < -0.39 is 35.3 Å². The molecule has 0 saturated carbocycles. The first-order valence-electron chi connectivity index (χ1n) is 23.7. The first-order chi connectivity index (χ1) is 34.4. The van der Waals surface area contributed by atoms with Crippen LogP contribution in [0.3, 0.4) is 0 Å². The number of carbonyl (C=O) groups excluding carboxylic acids is 5. The number of nitrogens with zero attached hydrogens (tertiary/aromatic N) is 6. The van der Waals surface area contributed by atoms with Gasteiger partial charge in [0.2, 0.25) is 17.7 Å². The van der Waals surface area contributed by atoms with E-state index in [1.54, 1.807) is 38.2 Å². The minimum Gasteiger partial charge on any atom is -0.490 e. The molecule has 1 atom stereocenters. The Hall–Kier alpha value is -6.59. The van der Waals surface area contributed by atoms with Gasteiger partial charge in [-0.25, -0.2) is 14.6 Å². The molecule has 7 N–H and O–H groups in total. The number of hydrogen-bond acceptors (Lipinski definition) is 20. The minimum atomic E-state index is -1.23. The highest BCUT2D eigenvalue weighted by molar-refractivity contribution is 6.25.